The number of carboxylic acid groups (broad SMARTS) is 1. The maximum Gasteiger partial charge on any atom is 0.304 e. The van der Waals surface area contributed by atoms with Crippen molar-refractivity contribution in [3.63, 3.8) is 0 Å². The van der Waals surface area contributed by atoms with Gasteiger partial charge in [-0.15, -0.1) is 0 Å². The summed E-state index contributed by atoms with van der Waals surface area (Å²) in [5.41, 5.74) is 0. The fraction of sp³-hybridized carbons (Fsp3) is 0.857. The van der Waals surface area contributed by atoms with Crippen molar-refractivity contribution in [2.24, 2.45) is 0 Å². The third-order valence-corrected chi connectivity index (χ3v) is 3.41. The van der Waals surface area contributed by atoms with Crippen molar-refractivity contribution >= 4 is 15.8 Å². The first-order valence-corrected chi connectivity index (χ1v) is 5.62. The molecule has 0 radical (unpaired) electrons. The highest BCUT2D eigenvalue weighted by atomic mass is 32.2. The third kappa shape index (κ3) is 4.84. The van der Waals surface area contributed by atoms with Gasteiger partial charge in [-0.3, -0.25) is 4.79 Å². The van der Waals surface area contributed by atoms with Crippen LogP contribution in [0.15, 0.2) is 0 Å². The van der Waals surface area contributed by atoms with Crippen molar-refractivity contribution in [1.82, 2.24) is 0 Å². The van der Waals surface area contributed by atoms with E-state index < -0.39 is 27.0 Å². The molecule has 0 aliphatic heterocycles. The Morgan fingerprint density at radius 3 is 2.46 bits per heavy atom. The molecule has 0 saturated heterocycles. The largest absolute Gasteiger partial charge is 0.481 e. The lowest BCUT2D eigenvalue weighted by Gasteiger charge is -2.09. The summed E-state index contributed by atoms with van der Waals surface area (Å²) in [5, 5.41) is 7.48. The van der Waals surface area contributed by atoms with Crippen molar-refractivity contribution < 1.29 is 23.1 Å². The van der Waals surface area contributed by atoms with Gasteiger partial charge in [0.15, 0.2) is 9.84 Å². The number of ether oxygens (including phenoxy) is 1. The van der Waals surface area contributed by atoms with Gasteiger partial charge >= 0.3 is 5.97 Å². The zero-order chi connectivity index (χ0) is 10.5. The van der Waals surface area contributed by atoms with Crippen LogP contribution in [0.5, 0.6) is 0 Å². The number of hydrogen-bond acceptors (Lipinski definition) is 4. The molecule has 0 aromatic carbocycles. The number of sulfone groups is 1. The van der Waals surface area contributed by atoms with Gasteiger partial charge in [-0.1, -0.05) is 0 Å². The molecule has 1 atom stereocenters. The Morgan fingerprint density at radius 1 is 1.54 bits per heavy atom. The van der Waals surface area contributed by atoms with Gasteiger partial charge < -0.3 is 9.84 Å². The Bertz CT molecular complexity index is 256. The second-order valence-corrected chi connectivity index (χ2v) is 5.05. The second-order valence-electron chi connectivity index (χ2n) is 2.68. The van der Waals surface area contributed by atoms with Crippen molar-refractivity contribution in [1.29, 1.82) is 0 Å². The van der Waals surface area contributed by atoms with Gasteiger partial charge in [0.05, 0.1) is 11.7 Å². The Balaban J connectivity index is 4.20. The van der Waals surface area contributed by atoms with E-state index in [1.807, 2.05) is 0 Å². The summed E-state index contributed by atoms with van der Waals surface area (Å²) < 4.78 is 27.2. The average Bonchev–Trinajstić information content (AvgIpc) is 1.99. The highest BCUT2D eigenvalue weighted by Gasteiger charge is 2.23. The lowest BCUT2D eigenvalue weighted by Crippen LogP contribution is -2.25. The van der Waals surface area contributed by atoms with Gasteiger partial charge in [-0.25, -0.2) is 8.42 Å². The number of carbonyl (C=O) groups is 1. The molecule has 0 rings (SSSR count). The van der Waals surface area contributed by atoms with Crippen molar-refractivity contribution in [3.8, 4) is 0 Å². The van der Waals surface area contributed by atoms with Crippen LogP contribution in [0.4, 0.5) is 0 Å². The molecule has 0 bridgehead atoms. The van der Waals surface area contributed by atoms with Crippen LogP contribution in [0.3, 0.4) is 0 Å². The van der Waals surface area contributed by atoms with Crippen molar-refractivity contribution in [3.05, 3.63) is 0 Å². The summed E-state index contributed by atoms with van der Waals surface area (Å²) in [6, 6.07) is 0. The summed E-state index contributed by atoms with van der Waals surface area (Å²) in [7, 11) is -3.42. The monoisotopic (exact) mass is 210 g/mol. The van der Waals surface area contributed by atoms with E-state index in [0.29, 0.717) is 6.61 Å². The number of rotatable bonds is 6. The first kappa shape index (κ1) is 12.4. The van der Waals surface area contributed by atoms with Crippen LogP contribution in [-0.4, -0.2) is 37.3 Å². The molecule has 13 heavy (non-hydrogen) atoms. The summed E-state index contributed by atoms with van der Waals surface area (Å²) >= 11 is 0. The molecule has 0 spiro atoms. The molecule has 0 aliphatic rings. The van der Waals surface area contributed by atoms with E-state index in [0.717, 1.165) is 0 Å². The summed E-state index contributed by atoms with van der Waals surface area (Å²) in [4.78, 5) is 10.2. The molecule has 0 aliphatic carbocycles. The molecular formula is C7H14O5S. The SMILES string of the molecule is CCOCS(=O)(=O)C(C)CC(=O)O. The number of carboxylic acids is 1. The minimum Gasteiger partial charge on any atom is -0.481 e. The minimum absolute atomic E-state index is 0.305. The molecule has 78 valence electrons. The van der Waals surface area contributed by atoms with Crippen LogP contribution in [0, 0.1) is 0 Å². The van der Waals surface area contributed by atoms with Crippen LogP contribution >= 0.6 is 0 Å². The number of aliphatic carboxylic acids is 1. The quantitative estimate of drug-likeness (QED) is 0.680. The first-order chi connectivity index (χ1) is 5.90. The van der Waals surface area contributed by atoms with Crippen LogP contribution in [0.2, 0.25) is 0 Å². The third-order valence-electron chi connectivity index (χ3n) is 1.53. The Hall–Kier alpha value is -0.620. The fourth-order valence-corrected chi connectivity index (χ4v) is 1.72. The highest BCUT2D eigenvalue weighted by Crippen LogP contribution is 2.06. The van der Waals surface area contributed by atoms with E-state index in [1.54, 1.807) is 6.92 Å². The van der Waals surface area contributed by atoms with Crippen LogP contribution in [0.1, 0.15) is 20.3 Å². The molecular weight excluding hydrogens is 196 g/mol. The van der Waals surface area contributed by atoms with E-state index >= 15 is 0 Å². The normalized spacial score (nSPS) is 14.0. The van der Waals surface area contributed by atoms with E-state index in [1.165, 1.54) is 6.92 Å². The number of hydrogen-bond donors (Lipinski definition) is 1. The first-order valence-electron chi connectivity index (χ1n) is 3.91. The van der Waals surface area contributed by atoms with E-state index in [2.05, 4.69) is 0 Å². The Kier molecular flexibility index (Phi) is 4.94. The second kappa shape index (κ2) is 5.18. The van der Waals surface area contributed by atoms with Gasteiger partial charge in [0.25, 0.3) is 0 Å². The molecule has 1 N–H and O–H groups in total. The molecule has 0 fully saturated rings. The van der Waals surface area contributed by atoms with E-state index in [-0.39, 0.29) is 6.42 Å². The Labute approximate surface area is 77.6 Å². The van der Waals surface area contributed by atoms with Gasteiger partial charge in [0, 0.05) is 6.61 Å². The predicted octanol–water partition coefficient (Wildman–Crippen LogP) is 0.258. The van der Waals surface area contributed by atoms with Gasteiger partial charge in [0.2, 0.25) is 0 Å². The van der Waals surface area contributed by atoms with Crippen molar-refractivity contribution in [2.45, 2.75) is 25.5 Å². The smallest absolute Gasteiger partial charge is 0.304 e. The van der Waals surface area contributed by atoms with Gasteiger partial charge in [0.1, 0.15) is 5.94 Å². The van der Waals surface area contributed by atoms with E-state index in [9.17, 15) is 13.2 Å². The average molecular weight is 210 g/mol. The fourth-order valence-electron chi connectivity index (χ4n) is 0.689. The predicted molar refractivity (Wildman–Crippen MR) is 47.1 cm³/mol. The lowest BCUT2D eigenvalue weighted by molar-refractivity contribution is -0.136. The maximum absolute atomic E-state index is 11.2. The van der Waals surface area contributed by atoms with Gasteiger partial charge in [-0.05, 0) is 13.8 Å². The van der Waals surface area contributed by atoms with Crippen LogP contribution < -0.4 is 0 Å². The minimum atomic E-state index is -3.42. The Morgan fingerprint density at radius 2 is 2.08 bits per heavy atom. The zero-order valence-electron chi connectivity index (χ0n) is 7.69. The van der Waals surface area contributed by atoms with Crippen LogP contribution in [0.25, 0.3) is 0 Å². The maximum atomic E-state index is 11.2. The topological polar surface area (TPSA) is 80.7 Å². The van der Waals surface area contributed by atoms with E-state index in [4.69, 9.17) is 9.84 Å². The molecule has 6 heteroatoms. The molecule has 1 unspecified atom stereocenters. The molecule has 0 aromatic rings. The molecule has 0 saturated carbocycles. The van der Waals surface area contributed by atoms with Crippen molar-refractivity contribution in [2.75, 3.05) is 12.5 Å². The molecule has 0 heterocycles. The summed E-state index contributed by atoms with van der Waals surface area (Å²) in [6.45, 7) is 3.35. The van der Waals surface area contributed by atoms with Crippen LogP contribution in [-0.2, 0) is 19.4 Å². The zero-order valence-corrected chi connectivity index (χ0v) is 8.50. The van der Waals surface area contributed by atoms with Gasteiger partial charge in [-0.2, -0.15) is 0 Å². The standard InChI is InChI=1S/C7H14O5S/c1-3-12-5-13(10,11)6(2)4-7(8)9/h6H,3-5H2,1-2H3,(H,8,9). The molecule has 0 aromatic heterocycles. The highest BCUT2D eigenvalue weighted by molar-refractivity contribution is 7.91. The summed E-state index contributed by atoms with van der Waals surface area (Å²) in [5.74, 6) is -1.52. The molecule has 5 nitrogen and oxygen atoms in total. The lowest BCUT2D eigenvalue weighted by atomic mass is 10.3. The molecule has 0 amide bonds. The summed E-state index contributed by atoms with van der Waals surface area (Å²) in [6.07, 6.45) is -0.380.